The first-order valence-corrected chi connectivity index (χ1v) is 30.7. The lowest BCUT2D eigenvalue weighted by atomic mass is 10.0. The average molecular weight is 1240 g/mol. The highest BCUT2D eigenvalue weighted by atomic mass is 32.1. The summed E-state index contributed by atoms with van der Waals surface area (Å²) in [5.41, 5.74) is 1.99. The number of hydrogen-bond donors (Lipinski definition) is 6. The van der Waals surface area contributed by atoms with Crippen LogP contribution >= 0.6 is 68.0 Å². The third-order valence-corrected chi connectivity index (χ3v) is 17.9. The number of hydrogen-bond acceptors (Lipinski definition) is 23. The van der Waals surface area contributed by atoms with Gasteiger partial charge in [0.2, 0.25) is 11.8 Å². The summed E-state index contributed by atoms with van der Waals surface area (Å²) in [6.07, 6.45) is -1.97. The van der Waals surface area contributed by atoms with E-state index in [1.54, 1.807) is 91.7 Å². The number of amides is 6. The number of nitrogens with zero attached hydrogens (tertiary/aromatic N) is 7. The van der Waals surface area contributed by atoms with Crippen LogP contribution in [-0.2, 0) is 35.2 Å². The number of pyridine rings is 1. The predicted octanol–water partition coefficient (Wildman–Crippen LogP) is 9.23. The molecule has 1 aromatic carbocycles. The third kappa shape index (κ3) is 14.3. The summed E-state index contributed by atoms with van der Waals surface area (Å²) in [5, 5.41) is 26.0. The van der Waals surface area contributed by atoms with Crippen LogP contribution in [0.5, 0.6) is 0 Å². The number of aryl methyl sites for hydroxylation is 1. The second-order valence-corrected chi connectivity index (χ2v) is 25.7. The molecule has 10 bridgehead atoms. The number of aromatic nitrogens is 7. The molecule has 0 saturated carbocycles. The Morgan fingerprint density at radius 3 is 2.12 bits per heavy atom. The maximum Gasteiger partial charge on any atom is 0.413 e. The van der Waals surface area contributed by atoms with Gasteiger partial charge in [-0.2, -0.15) is 0 Å². The molecule has 8 aromatic rings. The Morgan fingerprint density at radius 1 is 0.699 bits per heavy atom. The summed E-state index contributed by atoms with van der Waals surface area (Å²) in [6, 6.07) is 9.59. The van der Waals surface area contributed by atoms with Gasteiger partial charge in [-0.1, -0.05) is 44.2 Å². The molecule has 0 unspecified atom stereocenters. The number of ether oxygens (including phenoxy) is 3. The number of methoxy groups -OCH3 is 1. The minimum Gasteiger partial charge on any atom is -0.455 e. The molecule has 6 amide bonds. The van der Waals surface area contributed by atoms with Crippen molar-refractivity contribution in [3.8, 4) is 43.4 Å². The fraction of sp³-hybridized carbons (Fsp3) is 0.333. The first kappa shape index (κ1) is 59.8. The van der Waals surface area contributed by atoms with E-state index < -0.39 is 78.0 Å². The number of fused-ring (bicyclic) bond motifs is 14. The normalized spacial score (nSPS) is 16.4. The second-order valence-electron chi connectivity index (χ2n) is 19.9. The number of rotatable bonds is 10. The standard InChI is InChI=1S/C54H55N13O10S6/c1-24(2)38-52-67-41(34(83-52)19-75-9)45(72)56-18-37(70)64-42(43(76-26(4)68)27-13-11-10-12-14-27)51-61-33(22-80-51)49-59-31(20-79-49)40-28(15-16-29(57-40)48-62-35(23-81-48)63-53(74)77-54(5,6)7)47-60-32(21-78-47)44(71)58-30(17-36(69)55-8)50-66-39(25(3)82-50)46(73)65-38/h10-16,20-24,30,38,42-43H,17-19H2,1-9H3,(H,55,69)(H,56,72)(H,58,71)(H,63,74)(H,64,70)(H,65,73)/t30-,38+,42-,43-/m0/s1. The van der Waals surface area contributed by atoms with Gasteiger partial charge in [0.05, 0.1) is 42.2 Å². The largest absolute Gasteiger partial charge is 0.455 e. The Morgan fingerprint density at radius 2 is 1.40 bits per heavy atom. The smallest absolute Gasteiger partial charge is 0.413 e. The van der Waals surface area contributed by atoms with Crippen molar-refractivity contribution in [1.29, 1.82) is 0 Å². The highest BCUT2D eigenvalue weighted by molar-refractivity contribution is 7.15. The number of anilines is 1. The molecule has 8 heterocycles. The molecule has 9 rings (SSSR count). The van der Waals surface area contributed by atoms with Gasteiger partial charge in [-0.25, -0.2) is 39.7 Å². The fourth-order valence-corrected chi connectivity index (χ4v) is 13.8. The molecule has 23 nitrogen and oxygen atoms in total. The van der Waals surface area contributed by atoms with Crippen molar-refractivity contribution in [2.24, 2.45) is 5.92 Å². The first-order valence-electron chi connectivity index (χ1n) is 25.6. The van der Waals surface area contributed by atoms with Gasteiger partial charge in [-0.05, 0) is 51.3 Å². The maximum atomic E-state index is 14.3. The Labute approximate surface area is 499 Å². The van der Waals surface area contributed by atoms with Gasteiger partial charge >= 0.3 is 12.1 Å². The molecule has 83 heavy (non-hydrogen) atoms. The van der Waals surface area contributed by atoms with Gasteiger partial charge in [0.15, 0.2) is 6.10 Å². The van der Waals surface area contributed by atoms with E-state index in [-0.39, 0.29) is 41.8 Å². The monoisotopic (exact) mass is 1240 g/mol. The van der Waals surface area contributed by atoms with E-state index in [9.17, 15) is 33.6 Å². The number of benzene rings is 1. The van der Waals surface area contributed by atoms with Crippen LogP contribution in [0.15, 0.2) is 64.0 Å². The zero-order valence-corrected chi connectivity index (χ0v) is 50.9. The number of esters is 1. The number of carbonyl (C=O) groups is 7. The van der Waals surface area contributed by atoms with Crippen LogP contribution in [0.1, 0.15) is 134 Å². The van der Waals surface area contributed by atoms with Gasteiger partial charge in [-0.3, -0.25) is 34.1 Å². The van der Waals surface area contributed by atoms with E-state index in [0.717, 1.165) is 22.7 Å². The van der Waals surface area contributed by atoms with Crippen LogP contribution in [0.25, 0.3) is 43.4 Å². The van der Waals surface area contributed by atoms with E-state index in [0.29, 0.717) is 73.7 Å². The van der Waals surface area contributed by atoms with E-state index in [4.69, 9.17) is 44.1 Å². The average Bonchev–Trinajstić information content (AvgIpc) is 4.07. The second kappa shape index (κ2) is 25.8. The molecule has 6 N–H and O–H groups in total. The Balaban J connectivity index is 1.15. The summed E-state index contributed by atoms with van der Waals surface area (Å²) < 4.78 is 16.8. The fourth-order valence-electron chi connectivity index (χ4n) is 8.35. The minimum atomic E-state index is -1.08. The van der Waals surface area contributed by atoms with Crippen LogP contribution in [0.3, 0.4) is 0 Å². The SMILES string of the molecule is CNC(=O)C[C@@H]1NC(=O)c2csc(n2)-c2ccc(-c3nc(NC(=O)OC(C)(C)C)cs3)nc2-c2csc(n2)-c2csc(n2)[C@H]([C@@H](OC(C)=O)c2ccccc2)NC(=O)CNC(=O)c2nc(sc2COC)[C@@H](C(C)C)NC(=O)c2nc1sc2C. The number of nitrogens with one attached hydrogen (secondary N) is 6. The van der Waals surface area contributed by atoms with Crippen molar-refractivity contribution < 1.29 is 47.8 Å². The van der Waals surface area contributed by atoms with Crippen LogP contribution in [0.4, 0.5) is 10.6 Å². The number of carbonyl (C=O) groups excluding carboxylic acids is 7. The summed E-state index contributed by atoms with van der Waals surface area (Å²) >= 11 is 7.17. The van der Waals surface area contributed by atoms with Crippen molar-refractivity contribution in [3.63, 3.8) is 0 Å². The molecule has 0 radical (unpaired) electrons. The summed E-state index contributed by atoms with van der Waals surface area (Å²) in [4.78, 5) is 130. The molecule has 0 spiro atoms. The first-order chi connectivity index (χ1) is 39.6. The Bertz CT molecular complexity index is 3730. The predicted molar refractivity (Wildman–Crippen MR) is 316 cm³/mol. The highest BCUT2D eigenvalue weighted by Crippen LogP contribution is 2.41. The van der Waals surface area contributed by atoms with Crippen molar-refractivity contribution >= 4 is 115 Å². The van der Waals surface area contributed by atoms with E-state index in [1.807, 2.05) is 13.8 Å². The van der Waals surface area contributed by atoms with E-state index >= 15 is 0 Å². The summed E-state index contributed by atoms with van der Waals surface area (Å²) in [6.45, 7) is 11.4. The lowest BCUT2D eigenvalue weighted by Crippen LogP contribution is -2.41. The number of thiazole rings is 6. The molecule has 7 aromatic heterocycles. The van der Waals surface area contributed by atoms with Crippen LogP contribution in [0.2, 0.25) is 0 Å². The van der Waals surface area contributed by atoms with Gasteiger partial charge in [-0.15, -0.1) is 68.0 Å². The molecule has 29 heteroatoms. The molecule has 1 aliphatic heterocycles. The molecule has 1 aliphatic rings. The van der Waals surface area contributed by atoms with Crippen molar-refractivity contribution in [3.05, 3.63) is 111 Å². The van der Waals surface area contributed by atoms with Gasteiger partial charge < -0.3 is 40.8 Å². The molecule has 4 atom stereocenters. The lowest BCUT2D eigenvalue weighted by molar-refractivity contribution is -0.149. The molecule has 0 aliphatic carbocycles. The molecule has 0 saturated heterocycles. The maximum absolute atomic E-state index is 14.3. The Kier molecular flexibility index (Phi) is 18.6. The zero-order valence-electron chi connectivity index (χ0n) is 46.0. The van der Waals surface area contributed by atoms with Crippen molar-refractivity contribution in [1.82, 2.24) is 61.5 Å². The van der Waals surface area contributed by atoms with Gasteiger partial charge in [0.1, 0.15) is 81.7 Å². The topological polar surface area (TPSA) is 310 Å². The molecule has 0 fully saturated rings. The van der Waals surface area contributed by atoms with E-state index in [1.165, 1.54) is 66.4 Å². The van der Waals surface area contributed by atoms with Crippen LogP contribution in [0, 0.1) is 12.8 Å². The summed E-state index contributed by atoms with van der Waals surface area (Å²) in [7, 11) is 2.94. The van der Waals surface area contributed by atoms with E-state index in [2.05, 4.69) is 36.9 Å². The lowest BCUT2D eigenvalue weighted by Gasteiger charge is -2.26. The van der Waals surface area contributed by atoms with Crippen molar-refractivity contribution in [2.45, 2.75) is 91.3 Å². The van der Waals surface area contributed by atoms with Crippen molar-refractivity contribution in [2.75, 3.05) is 26.0 Å². The highest BCUT2D eigenvalue weighted by Gasteiger charge is 2.35. The molecule has 432 valence electrons. The third-order valence-electron chi connectivity index (χ3n) is 12.1. The Hall–Kier alpha value is -7.80. The van der Waals surface area contributed by atoms with Gasteiger partial charge in [0.25, 0.3) is 17.7 Å². The van der Waals surface area contributed by atoms with Gasteiger partial charge in [0, 0.05) is 53.0 Å². The zero-order chi connectivity index (χ0) is 59.3. The molecular formula is C54H55N13O10S6. The quantitative estimate of drug-likeness (QED) is 0.0695. The van der Waals surface area contributed by atoms with Crippen LogP contribution < -0.4 is 31.9 Å². The van der Waals surface area contributed by atoms with Crippen LogP contribution in [-0.4, -0.2) is 103 Å². The summed E-state index contributed by atoms with van der Waals surface area (Å²) in [5.74, 6) is -3.54. The minimum absolute atomic E-state index is 0.00906. The molecular weight excluding hydrogens is 1180 g/mol.